The van der Waals surface area contributed by atoms with E-state index in [-0.39, 0.29) is 11.8 Å². The molecule has 244 valence electrons. The van der Waals surface area contributed by atoms with E-state index in [0.29, 0.717) is 60.0 Å². The highest BCUT2D eigenvalue weighted by molar-refractivity contribution is 9.10. The molecule has 2 aliphatic rings. The quantitative estimate of drug-likeness (QED) is 0.193. The lowest BCUT2D eigenvalue weighted by Crippen LogP contribution is -2.46. The summed E-state index contributed by atoms with van der Waals surface area (Å²) in [4.78, 5) is 26.1. The summed E-state index contributed by atoms with van der Waals surface area (Å²) in [5.41, 5.74) is 7.34. The van der Waals surface area contributed by atoms with Crippen LogP contribution in [0, 0.1) is 6.92 Å². The molecule has 0 atom stereocenters. The van der Waals surface area contributed by atoms with Crippen LogP contribution in [0.1, 0.15) is 54.9 Å². The first-order valence-electron chi connectivity index (χ1n) is 15.7. The molecular weight excluding hydrogens is 646 g/mol. The van der Waals surface area contributed by atoms with Crippen LogP contribution in [0.25, 0.3) is 0 Å². The molecule has 1 amide bonds. The molecule has 1 aromatic carbocycles. The third-order valence-electron chi connectivity index (χ3n) is 8.32. The van der Waals surface area contributed by atoms with E-state index in [2.05, 4.69) is 58.6 Å². The van der Waals surface area contributed by atoms with Crippen LogP contribution in [0.15, 0.2) is 28.9 Å². The van der Waals surface area contributed by atoms with Crippen LogP contribution in [-0.2, 0) is 10.0 Å². The Kier molecular flexibility index (Phi) is 13.2. The number of carbonyl (C=O) groups excluding carboxylic acids is 1. The molecule has 4 rings (SSSR count). The summed E-state index contributed by atoms with van der Waals surface area (Å²) < 4.78 is 28.2. The predicted octanol–water partition coefficient (Wildman–Crippen LogP) is 2.99. The van der Waals surface area contributed by atoms with Crippen molar-refractivity contribution in [3.8, 4) is 0 Å². The Hall–Kier alpha value is -2.36. The molecule has 1 aromatic heterocycles. The number of aromatic nitrogens is 2. The number of nitrogens with one attached hydrogen (secondary N) is 3. The van der Waals surface area contributed by atoms with E-state index in [1.807, 2.05) is 19.1 Å². The number of halogens is 1. The third kappa shape index (κ3) is 10.1. The summed E-state index contributed by atoms with van der Waals surface area (Å²) in [7, 11) is -3.32. The molecule has 0 spiro atoms. The fraction of sp³-hybridized carbons (Fsp3) is 0.633. The van der Waals surface area contributed by atoms with Crippen molar-refractivity contribution in [1.82, 2.24) is 29.4 Å². The number of anilines is 3. The normalized spacial score (nSPS) is 17.5. The number of piperazine rings is 1. The molecule has 0 saturated carbocycles. The van der Waals surface area contributed by atoms with Crippen molar-refractivity contribution in [2.75, 3.05) is 81.8 Å². The van der Waals surface area contributed by atoms with Crippen LogP contribution in [0.3, 0.4) is 0 Å². The zero-order valence-electron chi connectivity index (χ0n) is 26.0. The van der Waals surface area contributed by atoms with E-state index in [4.69, 9.17) is 5.73 Å². The van der Waals surface area contributed by atoms with Crippen molar-refractivity contribution in [3.05, 3.63) is 40.0 Å². The van der Waals surface area contributed by atoms with Crippen LogP contribution in [0.2, 0.25) is 0 Å². The van der Waals surface area contributed by atoms with Crippen molar-refractivity contribution < 1.29 is 13.2 Å². The van der Waals surface area contributed by atoms with Crippen molar-refractivity contribution >= 4 is 49.3 Å². The van der Waals surface area contributed by atoms with Crippen LogP contribution in [0.4, 0.5) is 17.5 Å². The van der Waals surface area contributed by atoms with Gasteiger partial charge in [0, 0.05) is 58.1 Å². The highest BCUT2D eigenvalue weighted by Crippen LogP contribution is 2.28. The largest absolute Gasteiger partial charge is 0.366 e. The molecule has 0 bridgehead atoms. The maximum absolute atomic E-state index is 13.0. The molecule has 2 aliphatic heterocycles. The average molecular weight is 695 g/mol. The number of rotatable bonds is 16. The highest BCUT2D eigenvalue weighted by atomic mass is 79.9. The van der Waals surface area contributed by atoms with Gasteiger partial charge < -0.3 is 31.5 Å². The summed E-state index contributed by atoms with van der Waals surface area (Å²) in [6.07, 6.45) is 6.36. The molecule has 0 aliphatic carbocycles. The van der Waals surface area contributed by atoms with Gasteiger partial charge in [0.25, 0.3) is 5.91 Å². The fourth-order valence-electron chi connectivity index (χ4n) is 5.81. The minimum atomic E-state index is -3.32. The van der Waals surface area contributed by atoms with Gasteiger partial charge in [0.1, 0.15) is 5.82 Å². The zero-order chi connectivity index (χ0) is 31.5. The van der Waals surface area contributed by atoms with E-state index in [1.165, 1.54) is 26.1 Å². The molecule has 12 nitrogen and oxygen atoms in total. The molecule has 0 radical (unpaired) electrons. The molecule has 5 N–H and O–H groups in total. The minimum Gasteiger partial charge on any atom is -0.366 e. The molecule has 2 aromatic rings. The van der Waals surface area contributed by atoms with Crippen LogP contribution in [-0.4, -0.2) is 116 Å². The van der Waals surface area contributed by atoms with Gasteiger partial charge in [-0.25, -0.2) is 17.7 Å². The number of piperidine rings is 1. The smallest absolute Gasteiger partial charge is 0.251 e. The maximum Gasteiger partial charge on any atom is 0.251 e. The fourth-order valence-corrected chi connectivity index (χ4v) is 7.52. The maximum atomic E-state index is 13.0. The zero-order valence-corrected chi connectivity index (χ0v) is 28.4. The molecule has 2 fully saturated rings. The van der Waals surface area contributed by atoms with E-state index in [9.17, 15) is 13.2 Å². The highest BCUT2D eigenvalue weighted by Gasteiger charge is 2.28. The van der Waals surface area contributed by atoms with Gasteiger partial charge in [0.15, 0.2) is 0 Å². The van der Waals surface area contributed by atoms with Crippen LogP contribution < -0.4 is 21.7 Å². The van der Waals surface area contributed by atoms with E-state index >= 15 is 0 Å². The number of hydrogen-bond donors (Lipinski definition) is 4. The van der Waals surface area contributed by atoms with E-state index in [0.717, 1.165) is 44.6 Å². The second kappa shape index (κ2) is 16.8. The topological polar surface area (TPSA) is 149 Å². The third-order valence-corrected chi connectivity index (χ3v) is 10.8. The molecular formula is C30H48BrN9O3S. The van der Waals surface area contributed by atoms with Gasteiger partial charge in [-0.1, -0.05) is 19.1 Å². The van der Waals surface area contributed by atoms with Crippen molar-refractivity contribution in [1.29, 1.82) is 0 Å². The van der Waals surface area contributed by atoms with Gasteiger partial charge in [-0.15, -0.1) is 0 Å². The number of benzene rings is 1. The Morgan fingerprint density at radius 1 is 1.05 bits per heavy atom. The summed E-state index contributed by atoms with van der Waals surface area (Å²) >= 11 is 3.47. The monoisotopic (exact) mass is 693 g/mol. The Bertz CT molecular complexity index is 1330. The number of hydrogen-bond acceptors (Lipinski definition) is 10. The first-order chi connectivity index (χ1) is 21.2. The number of aryl methyl sites for hydroxylation is 1. The number of nitrogens with two attached hydrogens (primary N) is 1. The lowest BCUT2D eigenvalue weighted by Gasteiger charge is -2.34. The van der Waals surface area contributed by atoms with E-state index < -0.39 is 15.9 Å². The van der Waals surface area contributed by atoms with Gasteiger partial charge in [0.2, 0.25) is 16.0 Å². The number of nitrogens with zero attached hydrogens (tertiary/aromatic N) is 5. The lowest BCUT2D eigenvalue weighted by molar-refractivity contribution is 0.100. The van der Waals surface area contributed by atoms with E-state index in [1.54, 1.807) is 16.6 Å². The summed E-state index contributed by atoms with van der Waals surface area (Å²) in [5.74, 6) is 0.511. The number of primary amides is 1. The van der Waals surface area contributed by atoms with Gasteiger partial charge in [-0.3, -0.25) is 4.79 Å². The first-order valence-corrected chi connectivity index (χ1v) is 18.1. The van der Waals surface area contributed by atoms with Gasteiger partial charge in [-0.2, -0.15) is 4.98 Å². The predicted molar refractivity (Wildman–Crippen MR) is 180 cm³/mol. The molecule has 44 heavy (non-hydrogen) atoms. The summed E-state index contributed by atoms with van der Waals surface area (Å²) in [6.45, 7) is 13.3. The number of sulfonamides is 1. The minimum absolute atomic E-state index is 0.0448. The average Bonchev–Trinajstić information content (AvgIpc) is 2.99. The lowest BCUT2D eigenvalue weighted by atomic mass is 10.1. The van der Waals surface area contributed by atoms with Crippen molar-refractivity contribution in [2.24, 2.45) is 5.73 Å². The molecule has 0 unspecified atom stereocenters. The summed E-state index contributed by atoms with van der Waals surface area (Å²) in [6, 6.07) is 5.49. The Morgan fingerprint density at radius 2 is 1.75 bits per heavy atom. The number of amides is 1. The van der Waals surface area contributed by atoms with Gasteiger partial charge >= 0.3 is 0 Å². The first kappa shape index (κ1) is 34.5. The van der Waals surface area contributed by atoms with Crippen LogP contribution in [0.5, 0.6) is 0 Å². The SMILES string of the molecule is CCCN1CCN(CCCCNCCS(=O)(=O)N2CCC(Nc3ncc(Br)c(Nc4cccc(C)c4C(N)=O)n3)CC2)CC1. The molecule has 3 heterocycles. The Morgan fingerprint density at radius 3 is 2.43 bits per heavy atom. The van der Waals surface area contributed by atoms with Gasteiger partial charge in [0.05, 0.1) is 21.5 Å². The summed E-state index contributed by atoms with van der Waals surface area (Å²) in [5, 5.41) is 9.86. The Balaban J connectivity index is 1.15. The molecule has 14 heteroatoms. The van der Waals surface area contributed by atoms with Crippen LogP contribution >= 0.6 is 15.9 Å². The number of carbonyl (C=O) groups is 1. The standard InChI is InChI=1S/C30H48BrN9O3S/c1-3-13-38-17-19-39(20-18-38)14-5-4-11-33-12-21-44(42,43)40-15-9-24(10-16-40)35-30-34-22-25(31)29(37-30)36-26-8-6-7-23(2)27(26)28(32)41/h6-8,22,24,33H,3-5,9-21H2,1-2H3,(H2,32,41)(H2,34,35,36,37). The number of unbranched alkanes of at least 4 members (excludes halogenated alkanes) is 1. The Labute approximate surface area is 270 Å². The van der Waals surface area contributed by atoms with Crippen molar-refractivity contribution in [2.45, 2.75) is 52.0 Å². The second-order valence-corrected chi connectivity index (χ2v) is 14.6. The second-order valence-electron chi connectivity index (χ2n) is 11.7. The molecule has 2 saturated heterocycles. The van der Waals surface area contributed by atoms with Crippen molar-refractivity contribution in [3.63, 3.8) is 0 Å². The van der Waals surface area contributed by atoms with Gasteiger partial charge in [-0.05, 0) is 86.2 Å².